The van der Waals surface area contributed by atoms with Gasteiger partial charge in [-0.05, 0) is 0 Å². The predicted molar refractivity (Wildman–Crippen MR) is 33.9 cm³/mol. The van der Waals surface area contributed by atoms with E-state index in [1.807, 2.05) is 6.92 Å². The Morgan fingerprint density at radius 1 is 1.80 bits per heavy atom. The Morgan fingerprint density at radius 2 is 2.50 bits per heavy atom. The molecule has 54 valence electrons. The standard InChI is InChI=1S/C6H8N2O2/c1-5-2-8(7-4-9)3-6(5)10/h5H,2-3H2,1H3. The van der Waals surface area contributed by atoms with Gasteiger partial charge in [-0.1, -0.05) is 12.0 Å². The van der Waals surface area contributed by atoms with Crippen LogP contribution in [-0.2, 0) is 9.59 Å². The molecule has 0 spiro atoms. The van der Waals surface area contributed by atoms with Crippen LogP contribution in [0.2, 0.25) is 0 Å². The molecule has 1 aliphatic rings. The van der Waals surface area contributed by atoms with Crippen molar-refractivity contribution >= 4 is 11.9 Å². The smallest absolute Gasteiger partial charge is 0.258 e. The highest BCUT2D eigenvalue weighted by molar-refractivity contribution is 5.84. The SMILES string of the molecule is CC1CN(N=C=O)CC1=O. The summed E-state index contributed by atoms with van der Waals surface area (Å²) in [6, 6.07) is 0. The number of hydrogen-bond donors (Lipinski definition) is 0. The van der Waals surface area contributed by atoms with Crippen molar-refractivity contribution in [3.8, 4) is 0 Å². The second-order valence-corrected chi connectivity index (χ2v) is 2.41. The average Bonchev–Trinajstić information content (AvgIpc) is 2.14. The van der Waals surface area contributed by atoms with Crippen molar-refractivity contribution in [2.45, 2.75) is 6.92 Å². The molecule has 1 heterocycles. The zero-order valence-corrected chi connectivity index (χ0v) is 5.70. The molecule has 4 heteroatoms. The molecule has 0 saturated carbocycles. The molecule has 1 unspecified atom stereocenters. The van der Waals surface area contributed by atoms with Crippen LogP contribution in [0.25, 0.3) is 0 Å². The summed E-state index contributed by atoms with van der Waals surface area (Å²) in [6.45, 7) is 2.63. The van der Waals surface area contributed by atoms with Crippen LogP contribution in [0.15, 0.2) is 5.10 Å². The van der Waals surface area contributed by atoms with Crippen molar-refractivity contribution in [3.63, 3.8) is 0 Å². The van der Waals surface area contributed by atoms with Crippen molar-refractivity contribution in [1.29, 1.82) is 0 Å². The Kier molecular flexibility index (Phi) is 1.83. The maximum atomic E-state index is 10.8. The summed E-state index contributed by atoms with van der Waals surface area (Å²) >= 11 is 0. The maximum Gasteiger partial charge on any atom is 0.258 e. The lowest BCUT2D eigenvalue weighted by atomic mass is 10.1. The molecule has 4 nitrogen and oxygen atoms in total. The molecule has 1 aliphatic heterocycles. The summed E-state index contributed by atoms with van der Waals surface area (Å²) in [5.41, 5.74) is 0. The van der Waals surface area contributed by atoms with E-state index in [9.17, 15) is 9.59 Å². The molecular formula is C6H8N2O2. The number of hydrazone groups is 1. The first-order valence-electron chi connectivity index (χ1n) is 3.09. The minimum absolute atomic E-state index is 0.0112. The summed E-state index contributed by atoms with van der Waals surface area (Å²) < 4.78 is 0. The number of Topliss-reactive ketones (excluding diaryl/α,β-unsaturated/α-hetero) is 1. The fourth-order valence-corrected chi connectivity index (χ4v) is 0.952. The third kappa shape index (κ3) is 1.22. The molecule has 0 aromatic carbocycles. The number of carbonyl (C=O) groups excluding carboxylic acids is 2. The summed E-state index contributed by atoms with van der Waals surface area (Å²) in [5.74, 6) is 0.149. The first-order chi connectivity index (χ1) is 4.74. The molecule has 0 aliphatic carbocycles. The van der Waals surface area contributed by atoms with Crippen LogP contribution in [0.1, 0.15) is 6.92 Å². The van der Waals surface area contributed by atoms with E-state index in [0.717, 1.165) is 0 Å². The van der Waals surface area contributed by atoms with Gasteiger partial charge in [0, 0.05) is 12.5 Å². The van der Waals surface area contributed by atoms with Crippen molar-refractivity contribution in [2.24, 2.45) is 11.0 Å². The van der Waals surface area contributed by atoms with Crippen LogP contribution in [0.3, 0.4) is 0 Å². The molecule has 0 bridgehead atoms. The number of hydrogen-bond acceptors (Lipinski definition) is 4. The molecule has 0 N–H and O–H groups in total. The van der Waals surface area contributed by atoms with Crippen LogP contribution >= 0.6 is 0 Å². The molecule has 0 aromatic heterocycles. The van der Waals surface area contributed by atoms with Gasteiger partial charge in [-0.25, -0.2) is 4.79 Å². The van der Waals surface area contributed by atoms with Gasteiger partial charge in [0.2, 0.25) is 0 Å². The fourth-order valence-electron chi connectivity index (χ4n) is 0.952. The third-order valence-electron chi connectivity index (χ3n) is 1.55. The minimum Gasteiger partial charge on any atom is -0.297 e. The second kappa shape index (κ2) is 2.62. The van der Waals surface area contributed by atoms with Gasteiger partial charge in [0.1, 0.15) is 0 Å². The van der Waals surface area contributed by atoms with Crippen molar-refractivity contribution in [1.82, 2.24) is 5.01 Å². The summed E-state index contributed by atoms with van der Waals surface area (Å²) in [4.78, 5) is 20.6. The van der Waals surface area contributed by atoms with E-state index in [4.69, 9.17) is 0 Å². The number of carbonyl (C=O) groups is 1. The van der Waals surface area contributed by atoms with E-state index in [2.05, 4.69) is 5.10 Å². The molecule has 0 amide bonds. The number of isocyanates is 1. The van der Waals surface area contributed by atoms with Crippen LogP contribution < -0.4 is 0 Å². The molecule has 10 heavy (non-hydrogen) atoms. The van der Waals surface area contributed by atoms with E-state index in [1.54, 1.807) is 0 Å². The van der Waals surface area contributed by atoms with Gasteiger partial charge in [0.05, 0.1) is 6.54 Å². The monoisotopic (exact) mass is 140 g/mol. The lowest BCUT2D eigenvalue weighted by molar-refractivity contribution is -0.119. The molecule has 0 radical (unpaired) electrons. The van der Waals surface area contributed by atoms with Gasteiger partial charge < -0.3 is 0 Å². The summed E-state index contributed by atoms with van der Waals surface area (Å²) in [5, 5.41) is 4.76. The molecule has 1 atom stereocenters. The topological polar surface area (TPSA) is 49.7 Å². The van der Waals surface area contributed by atoms with Gasteiger partial charge in [-0.3, -0.25) is 9.80 Å². The zero-order chi connectivity index (χ0) is 7.56. The minimum atomic E-state index is 0.0112. The normalized spacial score (nSPS) is 24.7. The summed E-state index contributed by atoms with van der Waals surface area (Å²) in [6.07, 6.45) is 1.40. The van der Waals surface area contributed by atoms with Crippen molar-refractivity contribution < 1.29 is 9.59 Å². The second-order valence-electron chi connectivity index (χ2n) is 2.41. The van der Waals surface area contributed by atoms with Crippen LogP contribution in [0.5, 0.6) is 0 Å². The Bertz CT molecular complexity index is 196. The molecule has 1 rings (SSSR count). The average molecular weight is 140 g/mol. The van der Waals surface area contributed by atoms with Crippen molar-refractivity contribution in [2.75, 3.05) is 13.1 Å². The van der Waals surface area contributed by atoms with Gasteiger partial charge >= 0.3 is 0 Å². The largest absolute Gasteiger partial charge is 0.297 e. The molecule has 1 fully saturated rings. The number of nitrogens with zero attached hydrogens (tertiary/aromatic N) is 2. The van der Waals surface area contributed by atoms with E-state index in [0.29, 0.717) is 6.54 Å². The van der Waals surface area contributed by atoms with Crippen LogP contribution in [0.4, 0.5) is 0 Å². The lowest BCUT2D eigenvalue weighted by Crippen LogP contribution is -2.12. The van der Waals surface area contributed by atoms with Crippen LogP contribution in [-0.4, -0.2) is 30.0 Å². The van der Waals surface area contributed by atoms with Gasteiger partial charge in [-0.15, -0.1) is 0 Å². The Labute approximate surface area is 58.5 Å². The molecule has 1 saturated heterocycles. The quantitative estimate of drug-likeness (QED) is 0.373. The van der Waals surface area contributed by atoms with E-state index in [1.165, 1.54) is 11.1 Å². The Balaban J connectivity index is 2.57. The highest BCUT2D eigenvalue weighted by Crippen LogP contribution is 2.10. The van der Waals surface area contributed by atoms with E-state index < -0.39 is 0 Å². The van der Waals surface area contributed by atoms with Gasteiger partial charge in [0.25, 0.3) is 6.08 Å². The Hall–Kier alpha value is -1.15. The van der Waals surface area contributed by atoms with E-state index >= 15 is 0 Å². The number of ketones is 1. The van der Waals surface area contributed by atoms with Crippen molar-refractivity contribution in [3.05, 3.63) is 0 Å². The van der Waals surface area contributed by atoms with Crippen LogP contribution in [0, 0.1) is 5.92 Å². The first kappa shape index (κ1) is 6.96. The lowest BCUT2D eigenvalue weighted by Gasteiger charge is -2.03. The highest BCUT2D eigenvalue weighted by atomic mass is 16.1. The third-order valence-corrected chi connectivity index (χ3v) is 1.55. The first-order valence-corrected chi connectivity index (χ1v) is 3.09. The fraction of sp³-hybridized carbons (Fsp3) is 0.667. The maximum absolute atomic E-state index is 10.8. The molecular weight excluding hydrogens is 132 g/mol. The molecule has 0 aromatic rings. The highest BCUT2D eigenvalue weighted by Gasteiger charge is 2.25. The zero-order valence-electron chi connectivity index (χ0n) is 5.70. The van der Waals surface area contributed by atoms with Gasteiger partial charge in [-0.2, -0.15) is 0 Å². The van der Waals surface area contributed by atoms with Gasteiger partial charge in [0.15, 0.2) is 5.78 Å². The Morgan fingerprint density at radius 3 is 2.90 bits per heavy atom. The number of rotatable bonds is 1. The summed E-state index contributed by atoms with van der Waals surface area (Å²) in [7, 11) is 0. The predicted octanol–water partition coefficient (Wildman–Crippen LogP) is -0.242. The van der Waals surface area contributed by atoms with E-state index in [-0.39, 0.29) is 18.2 Å².